The number of carboxylic acid groups (broad SMARTS) is 1. The van der Waals surface area contributed by atoms with E-state index < -0.39 is 12.0 Å². The van der Waals surface area contributed by atoms with E-state index in [9.17, 15) is 9.90 Å². The van der Waals surface area contributed by atoms with Crippen LogP contribution in [0.3, 0.4) is 0 Å². The summed E-state index contributed by atoms with van der Waals surface area (Å²) in [6.45, 7) is 4.82. The number of carbonyl (C=O) groups is 1. The maximum absolute atomic E-state index is 12.1. The van der Waals surface area contributed by atoms with Gasteiger partial charge in [0.2, 0.25) is 5.75 Å². The zero-order chi connectivity index (χ0) is 21.8. The van der Waals surface area contributed by atoms with Crippen molar-refractivity contribution in [2.75, 3.05) is 27.9 Å². The van der Waals surface area contributed by atoms with E-state index in [0.717, 1.165) is 35.1 Å². The minimum atomic E-state index is -0.788. The van der Waals surface area contributed by atoms with Crippen molar-refractivity contribution >= 4 is 5.97 Å². The van der Waals surface area contributed by atoms with Crippen molar-refractivity contribution in [1.82, 2.24) is 4.90 Å². The molecule has 2 atom stereocenters. The first-order valence-corrected chi connectivity index (χ1v) is 10.3. The Labute approximate surface area is 178 Å². The standard InChI is InChI=1S/C24H31NO5/c1-15-12-16(2)14-17(13-15)21(25-11-7-6-8-19(25)24(26)27)18-9-10-20(28-3)23(30-5)22(18)29-4/h9-10,12-14,19,21H,6-8,11H2,1-5H3,(H,26,27). The lowest BCUT2D eigenvalue weighted by Gasteiger charge is -2.40. The lowest BCUT2D eigenvalue weighted by atomic mass is 9.89. The van der Waals surface area contributed by atoms with Crippen LogP contribution in [0.15, 0.2) is 30.3 Å². The van der Waals surface area contributed by atoms with Gasteiger partial charge in [-0.3, -0.25) is 9.69 Å². The first-order chi connectivity index (χ1) is 14.4. The monoisotopic (exact) mass is 413 g/mol. The molecule has 162 valence electrons. The number of ether oxygens (including phenoxy) is 3. The number of aliphatic carboxylic acids is 1. The molecule has 1 saturated heterocycles. The number of hydrogen-bond acceptors (Lipinski definition) is 5. The molecule has 3 rings (SSSR count). The molecular formula is C24H31NO5. The van der Waals surface area contributed by atoms with E-state index in [1.807, 2.05) is 12.1 Å². The summed E-state index contributed by atoms with van der Waals surface area (Å²) in [6, 6.07) is 9.35. The average molecular weight is 414 g/mol. The van der Waals surface area contributed by atoms with Gasteiger partial charge in [0.15, 0.2) is 11.5 Å². The van der Waals surface area contributed by atoms with Crippen molar-refractivity contribution in [3.63, 3.8) is 0 Å². The molecule has 1 N–H and O–H groups in total. The summed E-state index contributed by atoms with van der Waals surface area (Å²) >= 11 is 0. The number of carboxylic acids is 1. The van der Waals surface area contributed by atoms with Gasteiger partial charge in [-0.05, 0) is 50.9 Å². The van der Waals surface area contributed by atoms with Gasteiger partial charge in [-0.1, -0.05) is 35.7 Å². The molecule has 2 aromatic rings. The molecule has 0 amide bonds. The van der Waals surface area contributed by atoms with Gasteiger partial charge in [-0.25, -0.2) is 0 Å². The van der Waals surface area contributed by atoms with Crippen LogP contribution < -0.4 is 14.2 Å². The molecule has 1 aliphatic heterocycles. The quantitative estimate of drug-likeness (QED) is 0.728. The van der Waals surface area contributed by atoms with Crippen molar-refractivity contribution in [3.05, 3.63) is 52.6 Å². The Morgan fingerprint density at radius 3 is 2.23 bits per heavy atom. The van der Waals surface area contributed by atoms with Gasteiger partial charge in [-0.15, -0.1) is 0 Å². The van der Waals surface area contributed by atoms with E-state index in [-0.39, 0.29) is 6.04 Å². The van der Waals surface area contributed by atoms with Crippen LogP contribution >= 0.6 is 0 Å². The van der Waals surface area contributed by atoms with E-state index >= 15 is 0 Å². The van der Waals surface area contributed by atoms with Crippen LogP contribution in [-0.4, -0.2) is 49.9 Å². The smallest absolute Gasteiger partial charge is 0.320 e. The first kappa shape index (κ1) is 22.0. The highest BCUT2D eigenvalue weighted by Crippen LogP contribution is 2.46. The molecule has 0 aromatic heterocycles. The Bertz CT molecular complexity index is 890. The molecule has 30 heavy (non-hydrogen) atoms. The Kier molecular flexibility index (Phi) is 6.87. The highest BCUT2D eigenvalue weighted by atomic mass is 16.5. The summed E-state index contributed by atoms with van der Waals surface area (Å²) < 4.78 is 16.8. The van der Waals surface area contributed by atoms with E-state index in [2.05, 4.69) is 36.9 Å². The van der Waals surface area contributed by atoms with Gasteiger partial charge in [0.05, 0.1) is 27.4 Å². The fourth-order valence-electron chi connectivity index (χ4n) is 4.59. The minimum Gasteiger partial charge on any atom is -0.493 e. The van der Waals surface area contributed by atoms with Crippen molar-refractivity contribution in [2.45, 2.75) is 45.2 Å². The van der Waals surface area contributed by atoms with Crippen LogP contribution in [0, 0.1) is 13.8 Å². The molecule has 1 aliphatic rings. The highest BCUT2D eigenvalue weighted by molar-refractivity contribution is 5.74. The molecule has 1 fully saturated rings. The molecule has 0 spiro atoms. The molecule has 0 radical (unpaired) electrons. The van der Waals surface area contributed by atoms with E-state index in [1.165, 1.54) is 0 Å². The normalized spacial score (nSPS) is 18.0. The predicted octanol–water partition coefficient (Wildman–Crippen LogP) is 4.36. The van der Waals surface area contributed by atoms with Crippen LogP contribution in [0.1, 0.15) is 47.6 Å². The fourth-order valence-corrected chi connectivity index (χ4v) is 4.59. The van der Waals surface area contributed by atoms with E-state index in [0.29, 0.717) is 30.2 Å². The molecule has 0 bridgehead atoms. The summed E-state index contributed by atoms with van der Waals surface area (Å²) in [5, 5.41) is 9.95. The highest BCUT2D eigenvalue weighted by Gasteiger charge is 2.37. The van der Waals surface area contributed by atoms with Gasteiger partial charge in [0.1, 0.15) is 6.04 Å². The van der Waals surface area contributed by atoms with Crippen molar-refractivity contribution in [2.24, 2.45) is 0 Å². The molecule has 2 unspecified atom stereocenters. The van der Waals surface area contributed by atoms with Gasteiger partial charge in [0.25, 0.3) is 0 Å². The zero-order valence-corrected chi connectivity index (χ0v) is 18.4. The Hall–Kier alpha value is -2.73. The summed E-state index contributed by atoms with van der Waals surface area (Å²) in [5.41, 5.74) is 4.19. The molecule has 2 aromatic carbocycles. The van der Waals surface area contributed by atoms with Gasteiger partial charge >= 0.3 is 5.97 Å². The van der Waals surface area contributed by atoms with Gasteiger partial charge < -0.3 is 19.3 Å². The summed E-state index contributed by atoms with van der Waals surface area (Å²) in [5.74, 6) is 0.862. The van der Waals surface area contributed by atoms with Gasteiger partial charge in [-0.2, -0.15) is 0 Å². The second-order valence-electron chi connectivity index (χ2n) is 7.83. The van der Waals surface area contributed by atoms with Crippen molar-refractivity contribution in [3.8, 4) is 17.2 Å². The molecule has 6 heteroatoms. The van der Waals surface area contributed by atoms with Crippen LogP contribution in [0.4, 0.5) is 0 Å². The van der Waals surface area contributed by atoms with Gasteiger partial charge in [0, 0.05) is 5.56 Å². The number of piperidine rings is 1. The van der Waals surface area contributed by atoms with Crippen LogP contribution in [-0.2, 0) is 4.79 Å². The van der Waals surface area contributed by atoms with Crippen LogP contribution in [0.25, 0.3) is 0 Å². The van der Waals surface area contributed by atoms with Crippen LogP contribution in [0.5, 0.6) is 17.2 Å². The molecule has 6 nitrogen and oxygen atoms in total. The first-order valence-electron chi connectivity index (χ1n) is 10.3. The largest absolute Gasteiger partial charge is 0.493 e. The summed E-state index contributed by atoms with van der Waals surface area (Å²) in [7, 11) is 4.77. The SMILES string of the molecule is COc1ccc(C(c2cc(C)cc(C)c2)N2CCCCC2C(=O)O)c(OC)c1OC. The molecular weight excluding hydrogens is 382 g/mol. The number of likely N-dealkylation sites (tertiary alicyclic amines) is 1. The number of methoxy groups -OCH3 is 3. The third-order valence-electron chi connectivity index (χ3n) is 5.75. The van der Waals surface area contributed by atoms with Crippen molar-refractivity contribution in [1.29, 1.82) is 0 Å². The number of nitrogens with zero attached hydrogens (tertiary/aromatic N) is 1. The average Bonchev–Trinajstić information content (AvgIpc) is 2.72. The Balaban J connectivity index is 2.26. The lowest BCUT2D eigenvalue weighted by Crippen LogP contribution is -2.47. The number of aryl methyl sites for hydroxylation is 2. The maximum atomic E-state index is 12.1. The van der Waals surface area contributed by atoms with Crippen LogP contribution in [0.2, 0.25) is 0 Å². The van der Waals surface area contributed by atoms with Crippen molar-refractivity contribution < 1.29 is 24.1 Å². The zero-order valence-electron chi connectivity index (χ0n) is 18.4. The topological polar surface area (TPSA) is 68.2 Å². The minimum absolute atomic E-state index is 0.278. The molecule has 1 heterocycles. The second-order valence-corrected chi connectivity index (χ2v) is 7.83. The third-order valence-corrected chi connectivity index (χ3v) is 5.75. The summed E-state index contributed by atoms with van der Waals surface area (Å²) in [4.78, 5) is 14.2. The van der Waals surface area contributed by atoms with E-state index in [4.69, 9.17) is 14.2 Å². The molecule has 0 aliphatic carbocycles. The maximum Gasteiger partial charge on any atom is 0.320 e. The number of benzene rings is 2. The predicted molar refractivity (Wildman–Crippen MR) is 116 cm³/mol. The fraction of sp³-hybridized carbons (Fsp3) is 0.458. The summed E-state index contributed by atoms with van der Waals surface area (Å²) in [6.07, 6.45) is 2.50. The Morgan fingerprint density at radius 2 is 1.67 bits per heavy atom. The third kappa shape index (κ3) is 4.24. The number of rotatable bonds is 7. The second kappa shape index (κ2) is 9.39. The molecule has 0 saturated carbocycles. The Morgan fingerprint density at radius 1 is 1.00 bits per heavy atom. The lowest BCUT2D eigenvalue weighted by molar-refractivity contribution is -0.145. The number of hydrogen-bond donors (Lipinski definition) is 1. The van der Waals surface area contributed by atoms with E-state index in [1.54, 1.807) is 21.3 Å².